The van der Waals surface area contributed by atoms with Crippen molar-refractivity contribution in [2.45, 2.75) is 38.8 Å². The smallest absolute Gasteiger partial charge is 0.323 e. The van der Waals surface area contributed by atoms with Gasteiger partial charge in [-0.25, -0.2) is 0 Å². The van der Waals surface area contributed by atoms with Crippen molar-refractivity contribution in [1.29, 1.82) is 0 Å². The molecule has 0 spiro atoms. The van der Waals surface area contributed by atoms with Crippen molar-refractivity contribution in [3.8, 4) is 0 Å². The molecule has 1 N–H and O–H groups in total. The van der Waals surface area contributed by atoms with Gasteiger partial charge in [0.15, 0.2) is 0 Å². The van der Waals surface area contributed by atoms with Gasteiger partial charge in [-0.3, -0.25) is 14.5 Å². The van der Waals surface area contributed by atoms with Gasteiger partial charge in [0.2, 0.25) is 5.91 Å². The first-order chi connectivity index (χ1) is 13.0. The predicted octanol–water partition coefficient (Wildman–Crippen LogP) is 3.35. The summed E-state index contributed by atoms with van der Waals surface area (Å²) in [5, 5.41) is 3.01. The Bertz CT molecular complexity index is 832. The van der Waals surface area contributed by atoms with Crippen LogP contribution in [0.1, 0.15) is 36.5 Å². The van der Waals surface area contributed by atoms with Gasteiger partial charge < -0.3 is 10.1 Å². The van der Waals surface area contributed by atoms with Crippen LogP contribution >= 0.6 is 0 Å². The minimum Gasteiger partial charge on any atom is -0.468 e. The number of hydrogen-bond acceptors (Lipinski definition) is 4. The lowest BCUT2D eigenvalue weighted by molar-refractivity contribution is -0.148. The molecule has 0 aliphatic carbocycles. The number of rotatable bonds is 5. The summed E-state index contributed by atoms with van der Waals surface area (Å²) in [4.78, 5) is 26.9. The second-order valence-corrected chi connectivity index (χ2v) is 7.21. The Kier molecular flexibility index (Phi) is 5.91. The normalized spacial score (nSPS) is 16.7. The Morgan fingerprint density at radius 1 is 1.11 bits per heavy atom. The van der Waals surface area contributed by atoms with Crippen molar-refractivity contribution in [2.24, 2.45) is 0 Å². The molecule has 1 aliphatic rings. The molecule has 142 valence electrons. The van der Waals surface area contributed by atoms with Crippen LogP contribution in [-0.4, -0.2) is 36.5 Å². The number of methoxy groups -OCH3 is 1. The molecule has 1 amide bonds. The van der Waals surface area contributed by atoms with E-state index in [2.05, 4.69) is 19.2 Å². The quantitative estimate of drug-likeness (QED) is 0.825. The first-order valence-corrected chi connectivity index (χ1v) is 9.27. The van der Waals surface area contributed by atoms with Gasteiger partial charge in [0.25, 0.3) is 0 Å². The number of nitrogens with one attached hydrogen (secondary N) is 1. The fourth-order valence-electron chi connectivity index (χ4n) is 3.60. The molecule has 0 unspecified atom stereocenters. The van der Waals surface area contributed by atoms with E-state index in [1.807, 2.05) is 53.4 Å². The number of nitrogens with zero attached hydrogens (tertiary/aromatic N) is 1. The van der Waals surface area contributed by atoms with Crippen LogP contribution in [0.5, 0.6) is 0 Å². The number of benzene rings is 2. The molecule has 0 saturated heterocycles. The van der Waals surface area contributed by atoms with E-state index in [-0.39, 0.29) is 18.4 Å². The van der Waals surface area contributed by atoms with Crippen molar-refractivity contribution in [3.63, 3.8) is 0 Å². The summed E-state index contributed by atoms with van der Waals surface area (Å²) < 4.78 is 4.97. The molecule has 2 aromatic rings. The average molecular weight is 366 g/mol. The molecule has 5 nitrogen and oxygen atoms in total. The molecule has 0 bridgehead atoms. The molecule has 0 aromatic heterocycles. The first kappa shape index (κ1) is 19.1. The van der Waals surface area contributed by atoms with Crippen LogP contribution in [0.25, 0.3) is 0 Å². The summed E-state index contributed by atoms with van der Waals surface area (Å²) in [6.07, 6.45) is 0.554. The Labute approximate surface area is 160 Å². The highest BCUT2D eigenvalue weighted by Crippen LogP contribution is 2.26. The summed E-state index contributed by atoms with van der Waals surface area (Å²) in [6, 6.07) is 15.4. The lowest BCUT2D eigenvalue weighted by atomic mass is 9.94. The van der Waals surface area contributed by atoms with E-state index >= 15 is 0 Å². The number of carbonyl (C=O) groups is 2. The summed E-state index contributed by atoms with van der Waals surface area (Å²) in [5.74, 6) is -0.123. The molecule has 27 heavy (non-hydrogen) atoms. The minimum atomic E-state index is -0.448. The molecule has 1 aliphatic heterocycles. The molecule has 0 saturated carbocycles. The van der Waals surface area contributed by atoms with E-state index in [0.29, 0.717) is 18.9 Å². The van der Waals surface area contributed by atoms with Gasteiger partial charge >= 0.3 is 5.97 Å². The standard InChI is InChI=1S/C22H26N2O3/c1-15(2)18-10-6-7-11-19(18)23-21(25)14-24-13-17-9-5-4-8-16(17)12-20(24)22(26)27-3/h4-11,15,20H,12-14H2,1-3H3,(H,23,25)/t20-/m1/s1. The number of para-hydroxylation sites is 1. The van der Waals surface area contributed by atoms with E-state index in [0.717, 1.165) is 22.4 Å². The molecule has 2 aromatic carbocycles. The molecule has 1 heterocycles. The van der Waals surface area contributed by atoms with Crippen molar-refractivity contribution in [3.05, 3.63) is 65.2 Å². The third-order valence-electron chi connectivity index (χ3n) is 5.02. The maximum absolute atomic E-state index is 12.7. The Balaban J connectivity index is 1.76. The minimum absolute atomic E-state index is 0.128. The van der Waals surface area contributed by atoms with Gasteiger partial charge in [0.1, 0.15) is 6.04 Å². The van der Waals surface area contributed by atoms with Gasteiger partial charge in [-0.1, -0.05) is 56.3 Å². The topological polar surface area (TPSA) is 58.6 Å². The zero-order valence-electron chi connectivity index (χ0n) is 16.1. The zero-order valence-corrected chi connectivity index (χ0v) is 16.1. The highest BCUT2D eigenvalue weighted by atomic mass is 16.5. The summed E-state index contributed by atoms with van der Waals surface area (Å²) in [5.41, 5.74) is 4.20. The average Bonchev–Trinajstić information content (AvgIpc) is 2.67. The van der Waals surface area contributed by atoms with Crippen LogP contribution in [0.3, 0.4) is 0 Å². The predicted molar refractivity (Wildman–Crippen MR) is 106 cm³/mol. The van der Waals surface area contributed by atoms with Gasteiger partial charge in [0.05, 0.1) is 13.7 Å². The van der Waals surface area contributed by atoms with Gasteiger partial charge in [0, 0.05) is 12.2 Å². The zero-order chi connectivity index (χ0) is 19.4. The molecule has 0 fully saturated rings. The number of carbonyl (C=O) groups excluding carboxylic acids is 2. The monoisotopic (exact) mass is 366 g/mol. The van der Waals surface area contributed by atoms with Crippen LogP contribution < -0.4 is 5.32 Å². The van der Waals surface area contributed by atoms with Gasteiger partial charge in [-0.15, -0.1) is 0 Å². The number of hydrogen-bond donors (Lipinski definition) is 1. The maximum atomic E-state index is 12.7. The van der Waals surface area contributed by atoms with E-state index < -0.39 is 6.04 Å². The van der Waals surface area contributed by atoms with Crippen LogP contribution in [-0.2, 0) is 27.3 Å². The van der Waals surface area contributed by atoms with Crippen molar-refractivity contribution < 1.29 is 14.3 Å². The molecular weight excluding hydrogens is 340 g/mol. The fraction of sp³-hybridized carbons (Fsp3) is 0.364. The van der Waals surface area contributed by atoms with Crippen LogP contribution in [0.15, 0.2) is 48.5 Å². The van der Waals surface area contributed by atoms with Gasteiger partial charge in [-0.2, -0.15) is 0 Å². The first-order valence-electron chi connectivity index (χ1n) is 9.27. The third-order valence-corrected chi connectivity index (χ3v) is 5.02. The SMILES string of the molecule is COC(=O)[C@H]1Cc2ccccc2CN1CC(=O)Nc1ccccc1C(C)C. The molecule has 0 radical (unpaired) electrons. The van der Waals surface area contributed by atoms with Crippen molar-refractivity contribution >= 4 is 17.6 Å². The Morgan fingerprint density at radius 3 is 2.48 bits per heavy atom. The lowest BCUT2D eigenvalue weighted by Gasteiger charge is -2.34. The molecule has 5 heteroatoms. The van der Waals surface area contributed by atoms with E-state index in [4.69, 9.17) is 4.74 Å². The molecule has 3 rings (SSSR count). The van der Waals surface area contributed by atoms with E-state index in [1.165, 1.54) is 7.11 Å². The highest BCUT2D eigenvalue weighted by molar-refractivity contribution is 5.93. The number of esters is 1. The number of amides is 1. The number of fused-ring (bicyclic) bond motifs is 1. The number of anilines is 1. The third kappa shape index (κ3) is 4.37. The second kappa shape index (κ2) is 8.35. The largest absolute Gasteiger partial charge is 0.468 e. The summed E-state index contributed by atoms with van der Waals surface area (Å²) >= 11 is 0. The van der Waals surface area contributed by atoms with Crippen LogP contribution in [0.2, 0.25) is 0 Å². The number of ether oxygens (including phenoxy) is 1. The van der Waals surface area contributed by atoms with E-state index in [9.17, 15) is 9.59 Å². The fourth-order valence-corrected chi connectivity index (χ4v) is 3.60. The second-order valence-electron chi connectivity index (χ2n) is 7.21. The Hall–Kier alpha value is -2.66. The summed E-state index contributed by atoms with van der Waals surface area (Å²) in [7, 11) is 1.39. The van der Waals surface area contributed by atoms with E-state index in [1.54, 1.807) is 0 Å². The maximum Gasteiger partial charge on any atom is 0.323 e. The van der Waals surface area contributed by atoms with Crippen LogP contribution in [0.4, 0.5) is 5.69 Å². The lowest BCUT2D eigenvalue weighted by Crippen LogP contribution is -2.49. The molecular formula is C22H26N2O3. The van der Waals surface area contributed by atoms with Crippen molar-refractivity contribution in [1.82, 2.24) is 4.90 Å². The highest BCUT2D eigenvalue weighted by Gasteiger charge is 2.33. The van der Waals surface area contributed by atoms with Gasteiger partial charge in [-0.05, 0) is 35.1 Å². The van der Waals surface area contributed by atoms with Crippen LogP contribution in [0, 0.1) is 0 Å². The Morgan fingerprint density at radius 2 is 1.78 bits per heavy atom. The molecule has 1 atom stereocenters. The summed E-state index contributed by atoms with van der Waals surface area (Å²) in [6.45, 7) is 4.88. The van der Waals surface area contributed by atoms with Crippen molar-refractivity contribution in [2.75, 3.05) is 19.0 Å².